The van der Waals surface area contributed by atoms with Crippen LogP contribution < -0.4 is 0 Å². The molecule has 32 heavy (non-hydrogen) atoms. The highest BCUT2D eigenvalue weighted by Crippen LogP contribution is 2.45. The normalized spacial score (nSPS) is 49.5. The monoisotopic (exact) mass is 518 g/mol. The number of rotatable bonds is 3. The van der Waals surface area contributed by atoms with E-state index >= 15 is 0 Å². The molecule has 5 aliphatic rings. The van der Waals surface area contributed by atoms with Crippen molar-refractivity contribution >= 4 is 34.8 Å². The van der Waals surface area contributed by atoms with Gasteiger partial charge >= 0.3 is 0 Å². The SMILES string of the molecule is C[C@@H]1O[C@@H](OC[C@H]2O[C@@H]3OC(C)(C)O[C@@H]3[C@H]3OC(C)(C)O[C@H]32)C[C@H]2O[C@H](C(Cl)(Cl)Cl)O[C@@H]12. The second kappa shape index (κ2) is 8.28. The van der Waals surface area contributed by atoms with E-state index in [0.29, 0.717) is 6.42 Å². The fraction of sp³-hybridized carbons (Fsp3) is 1.00. The van der Waals surface area contributed by atoms with Gasteiger partial charge in [-0.05, 0) is 34.6 Å². The molecule has 0 aromatic heterocycles. The molecule has 5 heterocycles. The van der Waals surface area contributed by atoms with E-state index in [-0.39, 0.29) is 43.2 Å². The molecule has 0 spiro atoms. The lowest BCUT2D eigenvalue weighted by molar-refractivity contribution is -0.272. The molecule has 5 rings (SSSR count). The van der Waals surface area contributed by atoms with Gasteiger partial charge in [0.15, 0.2) is 24.2 Å². The highest BCUT2D eigenvalue weighted by molar-refractivity contribution is 6.67. The minimum atomic E-state index is -1.68. The highest BCUT2D eigenvalue weighted by atomic mass is 35.6. The summed E-state index contributed by atoms with van der Waals surface area (Å²) in [7, 11) is 0. The number of halogens is 3. The number of hydrogen-bond acceptors (Lipinski definition) is 9. The lowest BCUT2D eigenvalue weighted by Crippen LogP contribution is -2.56. The van der Waals surface area contributed by atoms with Crippen molar-refractivity contribution in [1.29, 1.82) is 0 Å². The third-order valence-corrected chi connectivity index (χ3v) is 6.70. The van der Waals surface area contributed by atoms with Crippen molar-refractivity contribution in [3.05, 3.63) is 0 Å². The molecule has 0 bridgehead atoms. The summed E-state index contributed by atoms with van der Waals surface area (Å²) in [5, 5.41) is 0. The van der Waals surface area contributed by atoms with Crippen molar-refractivity contribution in [3.63, 3.8) is 0 Å². The van der Waals surface area contributed by atoms with Crippen molar-refractivity contribution in [2.45, 2.75) is 118 Å². The number of alkyl halides is 3. The van der Waals surface area contributed by atoms with Crippen LogP contribution in [0.4, 0.5) is 0 Å². The number of hydrogen-bond donors (Lipinski definition) is 0. The quantitative estimate of drug-likeness (QED) is 0.523. The lowest BCUT2D eigenvalue weighted by Gasteiger charge is -2.39. The van der Waals surface area contributed by atoms with E-state index < -0.39 is 40.3 Å². The van der Waals surface area contributed by atoms with E-state index in [2.05, 4.69) is 0 Å². The Hall–Kier alpha value is 0.510. The van der Waals surface area contributed by atoms with Crippen LogP contribution in [0.3, 0.4) is 0 Å². The second-order valence-corrected chi connectivity index (χ2v) is 12.1. The van der Waals surface area contributed by atoms with Crippen LogP contribution in [0.2, 0.25) is 0 Å². The van der Waals surface area contributed by atoms with Crippen LogP contribution in [-0.2, 0) is 42.6 Å². The summed E-state index contributed by atoms with van der Waals surface area (Å²) in [5.41, 5.74) is 0. The summed E-state index contributed by atoms with van der Waals surface area (Å²) < 4.78 is 52.3. The van der Waals surface area contributed by atoms with Crippen LogP contribution in [0.5, 0.6) is 0 Å². The molecule has 0 amide bonds. The minimum absolute atomic E-state index is 0.205. The third-order valence-electron chi connectivity index (χ3n) is 6.16. The maximum atomic E-state index is 6.18. The Morgan fingerprint density at radius 2 is 1.47 bits per heavy atom. The zero-order valence-electron chi connectivity index (χ0n) is 18.5. The van der Waals surface area contributed by atoms with Crippen LogP contribution in [0.15, 0.2) is 0 Å². The zero-order valence-corrected chi connectivity index (χ0v) is 20.8. The molecule has 5 aliphatic heterocycles. The number of fused-ring (bicyclic) bond motifs is 4. The lowest BCUT2D eigenvalue weighted by atomic mass is 9.99. The Kier molecular flexibility index (Phi) is 6.27. The van der Waals surface area contributed by atoms with Crippen molar-refractivity contribution in [2.75, 3.05) is 6.61 Å². The van der Waals surface area contributed by atoms with Crippen LogP contribution in [0.1, 0.15) is 41.0 Å². The predicted molar refractivity (Wildman–Crippen MR) is 111 cm³/mol. The molecular weight excluding hydrogens is 491 g/mol. The molecule has 0 unspecified atom stereocenters. The topological polar surface area (TPSA) is 83.1 Å². The largest absolute Gasteiger partial charge is 0.350 e. The molecule has 5 fully saturated rings. The minimum Gasteiger partial charge on any atom is -0.350 e. The molecule has 12 heteroatoms. The Bertz CT molecular complexity index is 717. The van der Waals surface area contributed by atoms with E-state index in [1.165, 1.54) is 0 Å². The summed E-state index contributed by atoms with van der Waals surface area (Å²) >= 11 is 17.8. The number of ether oxygens (including phenoxy) is 9. The summed E-state index contributed by atoms with van der Waals surface area (Å²) in [6.07, 6.45) is -4.16. The molecule has 0 aromatic carbocycles. The fourth-order valence-electron chi connectivity index (χ4n) is 4.95. The van der Waals surface area contributed by atoms with Gasteiger partial charge in [0, 0.05) is 6.42 Å². The molecule has 10 atom stereocenters. The maximum absolute atomic E-state index is 6.18. The summed E-state index contributed by atoms with van der Waals surface area (Å²) in [4.78, 5) is 0. The first kappa shape index (κ1) is 24.2. The summed E-state index contributed by atoms with van der Waals surface area (Å²) in [6, 6.07) is 0. The van der Waals surface area contributed by atoms with Gasteiger partial charge in [-0.1, -0.05) is 34.8 Å². The van der Waals surface area contributed by atoms with E-state index in [4.69, 9.17) is 77.4 Å². The van der Waals surface area contributed by atoms with Gasteiger partial charge in [-0.3, -0.25) is 0 Å². The van der Waals surface area contributed by atoms with Gasteiger partial charge in [0.25, 0.3) is 0 Å². The van der Waals surface area contributed by atoms with Crippen molar-refractivity contribution in [2.24, 2.45) is 0 Å². The second-order valence-electron chi connectivity index (χ2n) is 9.70. The molecule has 0 aliphatic carbocycles. The first-order valence-electron chi connectivity index (χ1n) is 10.8. The smallest absolute Gasteiger partial charge is 0.240 e. The maximum Gasteiger partial charge on any atom is 0.240 e. The van der Waals surface area contributed by atoms with Crippen LogP contribution in [0.25, 0.3) is 0 Å². The van der Waals surface area contributed by atoms with Gasteiger partial charge in [0.05, 0.1) is 18.8 Å². The Morgan fingerprint density at radius 1 is 0.812 bits per heavy atom. The van der Waals surface area contributed by atoms with Gasteiger partial charge < -0.3 is 42.6 Å². The predicted octanol–water partition coefficient (Wildman–Crippen LogP) is 3.01. The average molecular weight is 520 g/mol. The molecule has 0 N–H and O–H groups in total. The zero-order chi connectivity index (χ0) is 23.1. The fourth-order valence-corrected chi connectivity index (χ4v) is 5.26. The third kappa shape index (κ3) is 4.66. The van der Waals surface area contributed by atoms with Crippen LogP contribution in [0, 0.1) is 0 Å². The highest BCUT2D eigenvalue weighted by Gasteiger charge is 2.61. The van der Waals surface area contributed by atoms with E-state index in [9.17, 15) is 0 Å². The Labute approximate surface area is 202 Å². The van der Waals surface area contributed by atoms with Gasteiger partial charge in [0.1, 0.15) is 30.5 Å². The van der Waals surface area contributed by atoms with E-state index in [1.54, 1.807) is 0 Å². The molecule has 5 saturated heterocycles. The molecule has 9 nitrogen and oxygen atoms in total. The Balaban J connectivity index is 1.23. The van der Waals surface area contributed by atoms with Crippen molar-refractivity contribution < 1.29 is 42.6 Å². The molecule has 0 radical (unpaired) electrons. The summed E-state index contributed by atoms with van der Waals surface area (Å²) in [6.45, 7) is 9.50. The molecule has 184 valence electrons. The van der Waals surface area contributed by atoms with Gasteiger partial charge in [-0.2, -0.15) is 0 Å². The molecule has 0 saturated carbocycles. The van der Waals surface area contributed by atoms with E-state index in [1.807, 2.05) is 34.6 Å². The standard InChI is InChI=1S/C20H29Cl3O9/c1-8-12-9(27-17(28-12)20(21,22)23)6-11(25-8)24-7-10-13-14(30-18(2,3)29-13)15-16(26-10)32-19(4,5)31-15/h8-17H,6-7H2,1-5H3/t8-,9+,10+,11+,12-,13-,14-,15+,16+,17-/m0/s1. The Morgan fingerprint density at radius 3 is 2.19 bits per heavy atom. The summed E-state index contributed by atoms with van der Waals surface area (Å²) in [5.74, 6) is -1.55. The molecule has 0 aromatic rings. The van der Waals surface area contributed by atoms with Gasteiger partial charge in [-0.25, -0.2) is 0 Å². The van der Waals surface area contributed by atoms with Crippen LogP contribution in [-0.4, -0.2) is 83.6 Å². The van der Waals surface area contributed by atoms with Gasteiger partial charge in [0.2, 0.25) is 10.1 Å². The van der Waals surface area contributed by atoms with Crippen LogP contribution >= 0.6 is 34.8 Å². The first-order chi connectivity index (χ1) is 14.8. The van der Waals surface area contributed by atoms with Gasteiger partial charge in [-0.15, -0.1) is 0 Å². The average Bonchev–Trinajstić information content (AvgIpc) is 3.30. The van der Waals surface area contributed by atoms with Crippen molar-refractivity contribution in [1.82, 2.24) is 0 Å². The van der Waals surface area contributed by atoms with E-state index in [0.717, 1.165) is 0 Å². The molecular formula is C20H29Cl3O9. The first-order valence-corrected chi connectivity index (χ1v) is 12.0. The van der Waals surface area contributed by atoms with Crippen molar-refractivity contribution in [3.8, 4) is 0 Å².